The molecular formula is C15H13ClO5. The Morgan fingerprint density at radius 2 is 2.10 bits per heavy atom. The average Bonchev–Trinajstić information content (AvgIpc) is 2.90. The van der Waals surface area contributed by atoms with Crippen molar-refractivity contribution >= 4 is 28.5 Å². The zero-order valence-corrected chi connectivity index (χ0v) is 11.9. The number of aliphatic carboxylic acids is 1. The average molecular weight is 309 g/mol. The molecule has 0 bridgehead atoms. The maximum atomic E-state index is 11.9. The number of carbonyl (C=O) groups is 1. The molecule has 0 saturated heterocycles. The van der Waals surface area contributed by atoms with Crippen LogP contribution in [0.1, 0.15) is 24.0 Å². The van der Waals surface area contributed by atoms with Gasteiger partial charge >= 0.3 is 11.6 Å². The molecule has 0 aliphatic heterocycles. The predicted molar refractivity (Wildman–Crippen MR) is 77.3 cm³/mol. The molecule has 2 aromatic rings. The Bertz CT molecular complexity index is 778. The number of fused-ring (bicyclic) bond motifs is 3. The Hall–Kier alpha value is -2.01. The molecule has 0 saturated carbocycles. The Balaban J connectivity index is 2.02. The molecule has 0 amide bonds. The summed E-state index contributed by atoms with van der Waals surface area (Å²) in [6, 6.07) is 3.28. The van der Waals surface area contributed by atoms with Gasteiger partial charge in [0.1, 0.15) is 11.3 Å². The molecule has 6 heteroatoms. The summed E-state index contributed by atoms with van der Waals surface area (Å²) in [7, 11) is 0. The number of halogens is 1. The second-order valence-corrected chi connectivity index (χ2v) is 5.38. The third-order valence-electron chi connectivity index (χ3n) is 3.60. The van der Waals surface area contributed by atoms with Crippen molar-refractivity contribution in [2.24, 2.45) is 0 Å². The number of rotatable bonds is 4. The van der Waals surface area contributed by atoms with Crippen molar-refractivity contribution in [3.8, 4) is 5.75 Å². The zero-order chi connectivity index (χ0) is 15.0. The van der Waals surface area contributed by atoms with Gasteiger partial charge in [0, 0.05) is 17.0 Å². The second-order valence-electron chi connectivity index (χ2n) is 4.97. The van der Waals surface area contributed by atoms with Crippen LogP contribution in [-0.2, 0) is 17.6 Å². The fourth-order valence-electron chi connectivity index (χ4n) is 2.64. The third kappa shape index (κ3) is 2.61. The predicted octanol–water partition coefficient (Wildman–Crippen LogP) is 2.79. The lowest BCUT2D eigenvalue weighted by atomic mass is 10.1. The van der Waals surface area contributed by atoms with E-state index in [0.717, 1.165) is 35.8 Å². The summed E-state index contributed by atoms with van der Waals surface area (Å²) in [6.07, 6.45) is 2.39. The molecule has 0 spiro atoms. The van der Waals surface area contributed by atoms with Gasteiger partial charge in [0.2, 0.25) is 0 Å². The lowest BCUT2D eigenvalue weighted by Gasteiger charge is -2.10. The normalized spacial score (nSPS) is 13.4. The van der Waals surface area contributed by atoms with Gasteiger partial charge in [-0.1, -0.05) is 11.6 Å². The fourth-order valence-corrected chi connectivity index (χ4v) is 2.86. The van der Waals surface area contributed by atoms with Crippen LogP contribution in [0.4, 0.5) is 0 Å². The van der Waals surface area contributed by atoms with Crippen molar-refractivity contribution in [3.63, 3.8) is 0 Å². The first-order valence-electron chi connectivity index (χ1n) is 6.69. The summed E-state index contributed by atoms with van der Waals surface area (Å²) >= 11 is 6.17. The largest absolute Gasteiger partial charge is 0.491 e. The van der Waals surface area contributed by atoms with Gasteiger partial charge in [-0.2, -0.15) is 0 Å². The molecular weight excluding hydrogens is 296 g/mol. The Kier molecular flexibility index (Phi) is 3.59. The quantitative estimate of drug-likeness (QED) is 0.879. The van der Waals surface area contributed by atoms with E-state index in [0.29, 0.717) is 16.4 Å². The van der Waals surface area contributed by atoms with E-state index in [9.17, 15) is 9.59 Å². The van der Waals surface area contributed by atoms with Gasteiger partial charge in [-0.05, 0) is 30.9 Å². The molecule has 1 aliphatic carbocycles. The molecule has 0 radical (unpaired) electrons. The molecule has 3 rings (SSSR count). The number of hydrogen-bond donors (Lipinski definition) is 1. The highest BCUT2D eigenvalue weighted by Gasteiger charge is 2.20. The molecule has 1 aromatic heterocycles. The molecule has 1 heterocycles. The molecule has 1 aromatic carbocycles. The van der Waals surface area contributed by atoms with Crippen molar-refractivity contribution in [1.29, 1.82) is 0 Å². The summed E-state index contributed by atoms with van der Waals surface area (Å²) in [4.78, 5) is 22.4. The highest BCUT2D eigenvalue weighted by molar-refractivity contribution is 6.32. The summed E-state index contributed by atoms with van der Waals surface area (Å²) in [5.41, 5.74) is 1.85. The highest BCUT2D eigenvalue weighted by Crippen LogP contribution is 2.34. The summed E-state index contributed by atoms with van der Waals surface area (Å²) in [5.74, 6) is -0.622. The monoisotopic (exact) mass is 308 g/mol. The van der Waals surface area contributed by atoms with Crippen LogP contribution in [0, 0.1) is 0 Å². The smallest absolute Gasteiger partial charge is 0.339 e. The van der Waals surface area contributed by atoms with Crippen LogP contribution in [0.25, 0.3) is 11.0 Å². The van der Waals surface area contributed by atoms with Crippen LogP contribution in [0.5, 0.6) is 5.75 Å². The van der Waals surface area contributed by atoms with E-state index < -0.39 is 5.97 Å². The first kappa shape index (κ1) is 13.9. The van der Waals surface area contributed by atoms with Crippen LogP contribution in [-0.4, -0.2) is 17.7 Å². The first-order valence-corrected chi connectivity index (χ1v) is 7.07. The Labute approximate surface area is 125 Å². The van der Waals surface area contributed by atoms with Crippen LogP contribution >= 0.6 is 11.6 Å². The minimum absolute atomic E-state index is 0.00966. The van der Waals surface area contributed by atoms with Gasteiger partial charge in [0.25, 0.3) is 0 Å². The zero-order valence-electron chi connectivity index (χ0n) is 11.1. The summed E-state index contributed by atoms with van der Waals surface area (Å²) in [6.45, 7) is 0.00966. The van der Waals surface area contributed by atoms with E-state index in [1.165, 1.54) is 0 Å². The Morgan fingerprint density at radius 3 is 2.86 bits per heavy atom. The van der Waals surface area contributed by atoms with Crippen LogP contribution in [0.2, 0.25) is 5.02 Å². The number of benzene rings is 1. The molecule has 0 unspecified atom stereocenters. The van der Waals surface area contributed by atoms with Crippen molar-refractivity contribution in [1.82, 2.24) is 0 Å². The van der Waals surface area contributed by atoms with Gasteiger partial charge in [0.15, 0.2) is 0 Å². The minimum Gasteiger partial charge on any atom is -0.491 e. The third-order valence-corrected chi connectivity index (χ3v) is 3.89. The fraction of sp³-hybridized carbons (Fsp3) is 0.333. The number of ether oxygens (including phenoxy) is 1. The van der Waals surface area contributed by atoms with Crippen molar-refractivity contribution in [3.05, 3.63) is 38.7 Å². The summed E-state index contributed by atoms with van der Waals surface area (Å²) < 4.78 is 10.7. The van der Waals surface area contributed by atoms with Crippen LogP contribution < -0.4 is 10.4 Å². The van der Waals surface area contributed by atoms with E-state index in [-0.39, 0.29) is 18.7 Å². The van der Waals surface area contributed by atoms with Gasteiger partial charge in [-0.3, -0.25) is 4.79 Å². The lowest BCUT2D eigenvalue weighted by molar-refractivity contribution is -0.137. The topological polar surface area (TPSA) is 76.7 Å². The van der Waals surface area contributed by atoms with Gasteiger partial charge in [-0.25, -0.2) is 4.79 Å². The van der Waals surface area contributed by atoms with E-state index in [2.05, 4.69) is 0 Å². The maximum absolute atomic E-state index is 11.9. The van der Waals surface area contributed by atoms with Gasteiger partial charge in [-0.15, -0.1) is 0 Å². The second kappa shape index (κ2) is 5.41. The molecule has 1 aliphatic rings. The van der Waals surface area contributed by atoms with Gasteiger partial charge < -0.3 is 14.3 Å². The maximum Gasteiger partial charge on any atom is 0.339 e. The highest BCUT2D eigenvalue weighted by atomic mass is 35.5. The van der Waals surface area contributed by atoms with Crippen molar-refractivity contribution < 1.29 is 19.1 Å². The number of aryl methyl sites for hydroxylation is 1. The molecule has 1 N–H and O–H groups in total. The van der Waals surface area contributed by atoms with Crippen molar-refractivity contribution in [2.75, 3.05) is 6.61 Å². The van der Waals surface area contributed by atoms with Crippen LogP contribution in [0.15, 0.2) is 21.3 Å². The molecule has 21 heavy (non-hydrogen) atoms. The SMILES string of the molecule is O=C(O)CCOc1cc2oc(=O)c3c(c2cc1Cl)CCC3. The number of carboxylic acid groups (broad SMARTS) is 1. The molecule has 0 atom stereocenters. The first-order chi connectivity index (χ1) is 10.1. The van der Waals surface area contributed by atoms with Crippen LogP contribution in [0.3, 0.4) is 0 Å². The van der Waals surface area contributed by atoms with Crippen molar-refractivity contribution in [2.45, 2.75) is 25.7 Å². The molecule has 0 fully saturated rings. The molecule has 5 nitrogen and oxygen atoms in total. The van der Waals surface area contributed by atoms with E-state index in [1.807, 2.05) is 0 Å². The van der Waals surface area contributed by atoms with E-state index in [4.69, 9.17) is 25.9 Å². The van der Waals surface area contributed by atoms with Gasteiger partial charge in [0.05, 0.1) is 18.1 Å². The molecule has 110 valence electrons. The lowest BCUT2D eigenvalue weighted by Crippen LogP contribution is -2.08. The standard InChI is InChI=1S/C15H13ClO5/c16-11-6-10-8-2-1-3-9(8)15(19)21-12(10)7-13(11)20-5-4-14(17)18/h6-7H,1-5H2,(H,17,18). The number of carboxylic acids is 1. The summed E-state index contributed by atoms with van der Waals surface area (Å²) in [5, 5.41) is 9.82. The van der Waals surface area contributed by atoms with E-state index in [1.54, 1.807) is 12.1 Å². The Morgan fingerprint density at radius 1 is 1.33 bits per heavy atom. The van der Waals surface area contributed by atoms with E-state index >= 15 is 0 Å². The number of hydrogen-bond acceptors (Lipinski definition) is 4. The minimum atomic E-state index is -0.948.